The van der Waals surface area contributed by atoms with Crippen molar-refractivity contribution in [3.63, 3.8) is 0 Å². The summed E-state index contributed by atoms with van der Waals surface area (Å²) in [6.45, 7) is 2.19. The molecule has 2 aromatic carbocycles. The van der Waals surface area contributed by atoms with Gasteiger partial charge in [-0.05, 0) is 44.4 Å². The van der Waals surface area contributed by atoms with Crippen molar-refractivity contribution in [1.29, 1.82) is 0 Å². The summed E-state index contributed by atoms with van der Waals surface area (Å²) < 4.78 is 32.7. The highest BCUT2D eigenvalue weighted by atomic mass is 32.2. The zero-order valence-corrected chi connectivity index (χ0v) is 20.2. The van der Waals surface area contributed by atoms with E-state index in [1.165, 1.54) is 19.2 Å². The first kappa shape index (κ1) is 25.4. The zero-order chi connectivity index (χ0) is 24.9. The Kier molecular flexibility index (Phi) is 8.07. The number of sulfonamides is 1. The van der Waals surface area contributed by atoms with Crippen LogP contribution in [-0.2, 0) is 10.0 Å². The molecule has 0 unspecified atom stereocenters. The van der Waals surface area contributed by atoms with E-state index >= 15 is 0 Å². The molecule has 1 aliphatic heterocycles. The van der Waals surface area contributed by atoms with Crippen LogP contribution in [0.5, 0.6) is 5.75 Å². The van der Waals surface area contributed by atoms with Gasteiger partial charge >= 0.3 is 0 Å². The van der Waals surface area contributed by atoms with Gasteiger partial charge in [-0.3, -0.25) is 14.9 Å². The average Bonchev–Trinajstić information content (AvgIpc) is 2.83. The van der Waals surface area contributed by atoms with Gasteiger partial charge in [0.15, 0.2) is 0 Å². The summed E-state index contributed by atoms with van der Waals surface area (Å²) in [5.74, 6) is 0.449. The molecule has 12 heteroatoms. The number of benzene rings is 2. The van der Waals surface area contributed by atoms with Crippen molar-refractivity contribution in [2.24, 2.45) is 0 Å². The van der Waals surface area contributed by atoms with Crippen LogP contribution < -0.4 is 14.4 Å². The number of anilines is 1. The molecule has 11 nitrogen and oxygen atoms in total. The van der Waals surface area contributed by atoms with Crippen molar-refractivity contribution < 1.29 is 22.9 Å². The second-order valence-electron chi connectivity index (χ2n) is 8.12. The fourth-order valence-electron chi connectivity index (χ4n) is 3.66. The van der Waals surface area contributed by atoms with Crippen molar-refractivity contribution >= 4 is 27.3 Å². The molecule has 184 valence electrons. The van der Waals surface area contributed by atoms with Gasteiger partial charge in [0.2, 0.25) is 10.0 Å². The Morgan fingerprint density at radius 3 is 2.47 bits per heavy atom. The van der Waals surface area contributed by atoms with E-state index in [2.05, 4.69) is 4.72 Å². The molecule has 0 aromatic heterocycles. The van der Waals surface area contributed by atoms with Gasteiger partial charge < -0.3 is 19.4 Å². The Hall–Kier alpha value is -3.22. The number of methoxy groups -OCH3 is 1. The highest BCUT2D eigenvalue weighted by Crippen LogP contribution is 2.31. The van der Waals surface area contributed by atoms with Gasteiger partial charge in [-0.25, -0.2) is 13.1 Å². The number of rotatable bonds is 9. The number of hydrogen-bond donors (Lipinski definition) is 1. The van der Waals surface area contributed by atoms with E-state index in [9.17, 15) is 23.3 Å². The van der Waals surface area contributed by atoms with Crippen molar-refractivity contribution in [2.75, 3.05) is 65.4 Å². The minimum absolute atomic E-state index is 0.140. The van der Waals surface area contributed by atoms with Crippen LogP contribution in [0.15, 0.2) is 47.4 Å². The largest absolute Gasteiger partial charge is 0.497 e. The third-order valence-corrected chi connectivity index (χ3v) is 6.99. The first-order valence-electron chi connectivity index (χ1n) is 10.7. The number of likely N-dealkylation sites (N-methyl/N-ethyl adjacent to an activating group) is 1. The van der Waals surface area contributed by atoms with Crippen LogP contribution in [0.25, 0.3) is 0 Å². The van der Waals surface area contributed by atoms with Crippen LogP contribution in [0, 0.1) is 10.1 Å². The van der Waals surface area contributed by atoms with E-state index in [0.29, 0.717) is 49.7 Å². The molecular weight excluding hydrogens is 462 g/mol. The van der Waals surface area contributed by atoms with Gasteiger partial charge in [0.25, 0.3) is 11.6 Å². The van der Waals surface area contributed by atoms with Gasteiger partial charge in [-0.1, -0.05) is 6.07 Å². The van der Waals surface area contributed by atoms with E-state index in [4.69, 9.17) is 4.74 Å². The highest BCUT2D eigenvalue weighted by Gasteiger charge is 2.28. The first-order valence-corrected chi connectivity index (χ1v) is 12.2. The molecule has 0 aliphatic carbocycles. The molecule has 1 amide bonds. The lowest BCUT2D eigenvalue weighted by atomic mass is 10.1. The number of nitro benzene ring substituents is 1. The number of carbonyl (C=O) groups excluding carboxylic acids is 1. The molecule has 0 radical (unpaired) electrons. The van der Waals surface area contributed by atoms with Gasteiger partial charge in [-0.15, -0.1) is 0 Å². The summed E-state index contributed by atoms with van der Waals surface area (Å²) in [5.41, 5.74) is 0.545. The lowest BCUT2D eigenvalue weighted by Gasteiger charge is -2.36. The normalized spacial score (nSPS) is 14.4. The summed E-state index contributed by atoms with van der Waals surface area (Å²) >= 11 is 0. The van der Waals surface area contributed by atoms with Gasteiger partial charge in [0.1, 0.15) is 11.4 Å². The molecule has 34 heavy (non-hydrogen) atoms. The molecule has 1 aliphatic rings. The number of nitro groups is 1. The quantitative estimate of drug-likeness (QED) is 0.412. The predicted molar refractivity (Wildman–Crippen MR) is 128 cm³/mol. The number of nitrogens with zero attached hydrogens (tertiary/aromatic N) is 4. The van der Waals surface area contributed by atoms with Crippen LogP contribution >= 0.6 is 0 Å². The summed E-state index contributed by atoms with van der Waals surface area (Å²) in [5, 5.41) is 11.7. The molecule has 0 spiro atoms. The number of nitrogens with one attached hydrogen (secondary N) is 1. The minimum atomic E-state index is -3.88. The SMILES string of the molecule is COc1cccc(C(=O)N2CCN(c3ccc(S(=O)(=O)NCCN(C)C)cc3[N+](=O)[O-])CC2)c1. The van der Waals surface area contributed by atoms with Crippen LogP contribution in [0.1, 0.15) is 10.4 Å². The molecule has 2 aromatic rings. The van der Waals surface area contributed by atoms with Crippen LogP contribution in [0.2, 0.25) is 0 Å². The second kappa shape index (κ2) is 10.8. The molecule has 1 heterocycles. The third kappa shape index (κ3) is 6.01. The molecule has 1 fully saturated rings. The van der Waals surface area contributed by atoms with Crippen molar-refractivity contribution in [3.05, 3.63) is 58.1 Å². The Labute approximate surface area is 199 Å². The molecule has 0 saturated carbocycles. The third-order valence-electron chi connectivity index (χ3n) is 5.53. The van der Waals surface area contributed by atoms with Crippen molar-refractivity contribution in [2.45, 2.75) is 4.90 Å². The molecule has 1 N–H and O–H groups in total. The second-order valence-corrected chi connectivity index (χ2v) is 9.89. The van der Waals surface area contributed by atoms with Gasteiger partial charge in [0, 0.05) is 50.9 Å². The summed E-state index contributed by atoms with van der Waals surface area (Å²) in [4.78, 5) is 29.1. The lowest BCUT2D eigenvalue weighted by molar-refractivity contribution is -0.384. The van der Waals surface area contributed by atoms with Crippen LogP contribution in [0.3, 0.4) is 0 Å². The number of carbonyl (C=O) groups is 1. The van der Waals surface area contributed by atoms with Gasteiger partial charge in [-0.2, -0.15) is 0 Å². The van der Waals surface area contributed by atoms with Crippen LogP contribution in [-0.4, -0.2) is 89.5 Å². The summed E-state index contributed by atoms with van der Waals surface area (Å²) in [6, 6.07) is 10.8. The maximum atomic E-state index is 12.8. The maximum Gasteiger partial charge on any atom is 0.293 e. The Balaban J connectivity index is 1.73. The molecule has 0 bridgehead atoms. The lowest BCUT2D eigenvalue weighted by Crippen LogP contribution is -2.49. The predicted octanol–water partition coefficient (Wildman–Crippen LogP) is 1.41. The minimum Gasteiger partial charge on any atom is -0.497 e. The standard InChI is InChI=1S/C22H29N5O6S/c1-24(2)10-9-23-34(31,32)19-7-8-20(21(16-19)27(29)30)25-11-13-26(14-12-25)22(28)17-5-4-6-18(15-17)33-3/h4-8,15-16,23H,9-14H2,1-3H3. The Morgan fingerprint density at radius 2 is 1.85 bits per heavy atom. The Morgan fingerprint density at radius 1 is 1.15 bits per heavy atom. The van der Waals surface area contributed by atoms with Crippen molar-refractivity contribution in [3.8, 4) is 5.75 Å². The number of ether oxygens (including phenoxy) is 1. The van der Waals surface area contributed by atoms with E-state index in [-0.39, 0.29) is 23.0 Å². The average molecular weight is 492 g/mol. The number of piperazine rings is 1. The fraction of sp³-hybridized carbons (Fsp3) is 0.409. The van der Waals surface area contributed by atoms with E-state index in [1.54, 1.807) is 34.1 Å². The fourth-order valence-corrected chi connectivity index (χ4v) is 4.70. The van der Waals surface area contributed by atoms with Crippen molar-refractivity contribution in [1.82, 2.24) is 14.5 Å². The maximum absolute atomic E-state index is 12.8. The summed E-state index contributed by atoms with van der Waals surface area (Å²) in [7, 11) is 1.29. The molecule has 0 atom stereocenters. The molecule has 1 saturated heterocycles. The molecular formula is C22H29N5O6S. The van der Waals surface area contributed by atoms with E-state index < -0.39 is 14.9 Å². The number of amides is 1. The summed E-state index contributed by atoms with van der Waals surface area (Å²) in [6.07, 6.45) is 0. The molecule has 3 rings (SSSR count). The van der Waals surface area contributed by atoms with E-state index in [1.807, 2.05) is 19.0 Å². The number of hydrogen-bond acceptors (Lipinski definition) is 8. The zero-order valence-electron chi connectivity index (χ0n) is 19.4. The van der Waals surface area contributed by atoms with Crippen LogP contribution in [0.4, 0.5) is 11.4 Å². The van der Waals surface area contributed by atoms with E-state index in [0.717, 1.165) is 6.07 Å². The smallest absolute Gasteiger partial charge is 0.293 e. The van der Waals surface area contributed by atoms with Gasteiger partial charge in [0.05, 0.1) is 16.9 Å². The highest BCUT2D eigenvalue weighted by molar-refractivity contribution is 7.89. The monoisotopic (exact) mass is 491 g/mol. The first-order chi connectivity index (χ1) is 16.1. The Bertz CT molecular complexity index is 1150. The topological polar surface area (TPSA) is 125 Å².